The Hall–Kier alpha value is -3.06. The molecule has 0 unspecified atom stereocenters. The van der Waals surface area contributed by atoms with Crippen LogP contribution in [0, 0.1) is 0 Å². The minimum absolute atomic E-state index is 0.0885. The van der Waals surface area contributed by atoms with Crippen molar-refractivity contribution >= 4 is 29.3 Å². The molecule has 2 aromatic rings. The smallest absolute Gasteiger partial charge is 0.338 e. The lowest BCUT2D eigenvalue weighted by Crippen LogP contribution is -2.22. The zero-order chi connectivity index (χ0) is 21.4. The first-order valence-corrected chi connectivity index (χ1v) is 9.18. The highest BCUT2D eigenvalue weighted by atomic mass is 35.5. The van der Waals surface area contributed by atoms with Crippen LogP contribution in [0.1, 0.15) is 33.2 Å². The van der Waals surface area contributed by atoms with Crippen molar-refractivity contribution in [1.82, 2.24) is 5.32 Å². The number of ether oxygens (including phenoxy) is 3. The number of amides is 1. The number of carbonyl (C=O) groups is 3. The number of esters is 1. The van der Waals surface area contributed by atoms with Gasteiger partial charge in [0.15, 0.2) is 23.9 Å². The van der Waals surface area contributed by atoms with Crippen molar-refractivity contribution in [3.8, 4) is 11.5 Å². The third kappa shape index (κ3) is 6.22. The van der Waals surface area contributed by atoms with Crippen molar-refractivity contribution in [2.24, 2.45) is 0 Å². The lowest BCUT2D eigenvalue weighted by molar-refractivity contribution is -0.118. The third-order valence-corrected chi connectivity index (χ3v) is 4.35. The topological polar surface area (TPSA) is 90.9 Å². The molecule has 2 rings (SSSR count). The standard InChI is InChI=1S/C21H22ClNO6/c1-13(24)23-9-8-14-4-6-15(7-5-14)18(25)12-29-21(26)16-10-17(22)20(28-3)19(11-16)27-2/h4-7,10-11H,8-9,12H2,1-3H3,(H,23,24). The van der Waals surface area contributed by atoms with Crippen molar-refractivity contribution in [3.63, 3.8) is 0 Å². The fraction of sp³-hybridized carbons (Fsp3) is 0.286. The summed E-state index contributed by atoms with van der Waals surface area (Å²) in [5.74, 6) is -0.533. The zero-order valence-corrected chi connectivity index (χ0v) is 17.2. The molecular weight excluding hydrogens is 398 g/mol. The molecule has 0 aliphatic carbocycles. The highest BCUT2D eigenvalue weighted by molar-refractivity contribution is 6.32. The van der Waals surface area contributed by atoms with Gasteiger partial charge in [0, 0.05) is 19.0 Å². The van der Waals surface area contributed by atoms with Crippen molar-refractivity contribution in [3.05, 3.63) is 58.1 Å². The Balaban J connectivity index is 1.95. The highest BCUT2D eigenvalue weighted by Crippen LogP contribution is 2.36. The van der Waals surface area contributed by atoms with Gasteiger partial charge in [0.25, 0.3) is 0 Å². The first kappa shape index (κ1) is 22.2. The largest absolute Gasteiger partial charge is 0.493 e. The molecule has 29 heavy (non-hydrogen) atoms. The normalized spacial score (nSPS) is 10.2. The summed E-state index contributed by atoms with van der Waals surface area (Å²) >= 11 is 6.08. The number of hydrogen-bond acceptors (Lipinski definition) is 6. The molecule has 1 N–H and O–H groups in total. The molecule has 154 valence electrons. The van der Waals surface area contributed by atoms with E-state index >= 15 is 0 Å². The van der Waals surface area contributed by atoms with E-state index in [4.69, 9.17) is 25.8 Å². The van der Waals surface area contributed by atoms with Crippen LogP contribution in [0.2, 0.25) is 5.02 Å². The summed E-state index contributed by atoms with van der Waals surface area (Å²) in [5.41, 5.74) is 1.55. The van der Waals surface area contributed by atoms with Crippen LogP contribution in [-0.4, -0.2) is 45.0 Å². The SMILES string of the molecule is COc1cc(C(=O)OCC(=O)c2ccc(CCNC(C)=O)cc2)cc(Cl)c1OC. The number of hydrogen-bond donors (Lipinski definition) is 1. The maximum Gasteiger partial charge on any atom is 0.338 e. The van der Waals surface area contributed by atoms with Gasteiger partial charge in [-0.25, -0.2) is 4.79 Å². The Morgan fingerprint density at radius 2 is 1.69 bits per heavy atom. The van der Waals surface area contributed by atoms with Crippen molar-refractivity contribution in [2.75, 3.05) is 27.4 Å². The van der Waals surface area contributed by atoms with Gasteiger partial charge in [0.2, 0.25) is 5.91 Å². The molecule has 0 aliphatic heterocycles. The molecule has 1 amide bonds. The summed E-state index contributed by atoms with van der Waals surface area (Å²) in [5, 5.41) is 2.90. The van der Waals surface area contributed by atoms with Crippen LogP contribution in [0.4, 0.5) is 0 Å². The van der Waals surface area contributed by atoms with Crippen molar-refractivity contribution in [2.45, 2.75) is 13.3 Å². The molecular formula is C21H22ClNO6. The second kappa shape index (κ2) is 10.5. The number of methoxy groups -OCH3 is 2. The fourth-order valence-corrected chi connectivity index (χ4v) is 2.86. The molecule has 0 aromatic heterocycles. The molecule has 7 nitrogen and oxygen atoms in total. The molecule has 0 saturated heterocycles. The van der Waals surface area contributed by atoms with Crippen LogP contribution in [0.5, 0.6) is 11.5 Å². The first-order chi connectivity index (χ1) is 13.8. The number of ketones is 1. The molecule has 0 radical (unpaired) electrons. The van der Waals surface area contributed by atoms with E-state index in [1.54, 1.807) is 24.3 Å². The van der Waals surface area contributed by atoms with Gasteiger partial charge in [-0.05, 0) is 24.1 Å². The van der Waals surface area contributed by atoms with Crippen molar-refractivity contribution in [1.29, 1.82) is 0 Å². The molecule has 0 bridgehead atoms. The number of carbonyl (C=O) groups excluding carboxylic acids is 3. The van der Waals surface area contributed by atoms with E-state index in [0.717, 1.165) is 5.56 Å². The summed E-state index contributed by atoms with van der Waals surface area (Å²) in [6.07, 6.45) is 0.656. The maximum atomic E-state index is 12.3. The van der Waals surface area contributed by atoms with Crippen LogP contribution in [0.3, 0.4) is 0 Å². The molecule has 2 aromatic carbocycles. The zero-order valence-electron chi connectivity index (χ0n) is 16.4. The van der Waals surface area contributed by atoms with Crippen LogP contribution in [-0.2, 0) is 16.0 Å². The first-order valence-electron chi connectivity index (χ1n) is 8.81. The monoisotopic (exact) mass is 419 g/mol. The van der Waals surface area contributed by atoms with Gasteiger partial charge in [-0.3, -0.25) is 9.59 Å². The average Bonchev–Trinajstić information content (AvgIpc) is 2.71. The molecule has 0 saturated carbocycles. The van der Waals surface area contributed by atoms with E-state index < -0.39 is 12.6 Å². The lowest BCUT2D eigenvalue weighted by Gasteiger charge is -2.11. The molecule has 0 aliphatic rings. The van der Waals surface area contributed by atoms with Gasteiger partial charge >= 0.3 is 5.97 Å². The van der Waals surface area contributed by atoms with Gasteiger partial charge in [-0.15, -0.1) is 0 Å². The summed E-state index contributed by atoms with van der Waals surface area (Å²) in [7, 11) is 2.86. The van der Waals surface area contributed by atoms with Crippen LogP contribution >= 0.6 is 11.6 Å². The summed E-state index contributed by atoms with van der Waals surface area (Å²) in [6.45, 7) is 1.57. The van der Waals surface area contributed by atoms with E-state index in [0.29, 0.717) is 24.3 Å². The molecule has 0 atom stereocenters. The van der Waals surface area contributed by atoms with E-state index in [1.165, 1.54) is 33.3 Å². The Morgan fingerprint density at radius 1 is 1.00 bits per heavy atom. The molecule has 0 heterocycles. The number of benzene rings is 2. The average molecular weight is 420 g/mol. The maximum absolute atomic E-state index is 12.3. The van der Waals surface area contributed by atoms with Gasteiger partial charge in [-0.2, -0.15) is 0 Å². The van der Waals surface area contributed by atoms with E-state index in [1.807, 2.05) is 0 Å². The summed E-state index contributed by atoms with van der Waals surface area (Å²) in [4.78, 5) is 35.4. The second-order valence-electron chi connectivity index (χ2n) is 6.12. The van der Waals surface area contributed by atoms with Crippen LogP contribution in [0.15, 0.2) is 36.4 Å². The lowest BCUT2D eigenvalue weighted by atomic mass is 10.1. The van der Waals surface area contributed by atoms with E-state index in [-0.39, 0.29) is 28.0 Å². The Morgan fingerprint density at radius 3 is 2.28 bits per heavy atom. The van der Waals surface area contributed by atoms with E-state index in [2.05, 4.69) is 5.32 Å². The van der Waals surface area contributed by atoms with Crippen molar-refractivity contribution < 1.29 is 28.6 Å². The molecule has 0 fully saturated rings. The predicted molar refractivity (Wildman–Crippen MR) is 108 cm³/mol. The summed E-state index contributed by atoms with van der Waals surface area (Å²) in [6, 6.07) is 9.73. The quantitative estimate of drug-likeness (QED) is 0.496. The van der Waals surface area contributed by atoms with Crippen LogP contribution in [0.25, 0.3) is 0 Å². The Kier molecular flexibility index (Phi) is 8.03. The van der Waals surface area contributed by atoms with Crippen LogP contribution < -0.4 is 14.8 Å². The molecule has 8 heteroatoms. The number of nitrogens with one attached hydrogen (secondary N) is 1. The number of halogens is 1. The van der Waals surface area contributed by atoms with Gasteiger partial charge < -0.3 is 19.5 Å². The highest BCUT2D eigenvalue weighted by Gasteiger charge is 2.17. The minimum Gasteiger partial charge on any atom is -0.493 e. The number of Topliss-reactive ketones (excluding diaryl/α,β-unsaturated/α-hetero) is 1. The second-order valence-corrected chi connectivity index (χ2v) is 6.53. The van der Waals surface area contributed by atoms with Gasteiger partial charge in [0.1, 0.15) is 0 Å². The number of rotatable bonds is 9. The summed E-state index contributed by atoms with van der Waals surface area (Å²) < 4.78 is 15.4. The predicted octanol–water partition coefficient (Wildman–Crippen LogP) is 3.08. The molecule has 0 spiro atoms. The minimum atomic E-state index is -0.701. The van der Waals surface area contributed by atoms with Gasteiger partial charge in [-0.1, -0.05) is 35.9 Å². The fourth-order valence-electron chi connectivity index (χ4n) is 2.57. The Bertz CT molecular complexity index is 895. The van der Waals surface area contributed by atoms with Gasteiger partial charge in [0.05, 0.1) is 24.8 Å². The Labute approximate surface area is 173 Å². The third-order valence-electron chi connectivity index (χ3n) is 4.07. The van der Waals surface area contributed by atoms with E-state index in [9.17, 15) is 14.4 Å².